The quantitative estimate of drug-likeness (QED) is 0.700. The van der Waals surface area contributed by atoms with Gasteiger partial charge in [-0.1, -0.05) is 58.1 Å². The third-order valence-electron chi connectivity index (χ3n) is 4.23. The Labute approximate surface area is 151 Å². The molecular formula is C16H22BrN2O2PS. The number of morpholine rings is 2. The van der Waals surface area contributed by atoms with Crippen LogP contribution in [0.4, 0.5) is 0 Å². The van der Waals surface area contributed by atoms with Crippen LogP contribution in [0.15, 0.2) is 35.3 Å². The van der Waals surface area contributed by atoms with Crippen LogP contribution in [0.5, 0.6) is 0 Å². The molecule has 0 aromatic heterocycles. The SMILES string of the molecule is S=P(/C(=C/Br)c1ccccc1)(N1CCOCC1)N1CCOCC1. The molecule has 2 aliphatic heterocycles. The molecule has 0 amide bonds. The standard InChI is InChI=1S/C16H22BrN2O2PS/c17-14-16(15-4-2-1-3-5-15)22(23,18-6-10-20-11-7-18)19-8-12-21-13-9-19/h1-5,14H,6-13H2/b16-14+. The first-order valence-electron chi connectivity index (χ1n) is 7.89. The largest absolute Gasteiger partial charge is 0.379 e. The molecule has 0 spiro atoms. The lowest BCUT2D eigenvalue weighted by atomic mass is 10.2. The molecule has 0 saturated carbocycles. The predicted octanol–water partition coefficient (Wildman–Crippen LogP) is 3.35. The highest BCUT2D eigenvalue weighted by atomic mass is 79.9. The zero-order chi connectivity index (χ0) is 16.1. The summed E-state index contributed by atoms with van der Waals surface area (Å²) in [6, 6.07) is 10.5. The first kappa shape index (κ1) is 17.7. The Hall–Kier alpha value is -0.0700. The average molecular weight is 417 g/mol. The van der Waals surface area contributed by atoms with E-state index in [1.165, 1.54) is 10.9 Å². The summed E-state index contributed by atoms with van der Waals surface area (Å²) in [6.07, 6.45) is -2.05. The van der Waals surface area contributed by atoms with Crippen molar-refractivity contribution in [2.24, 2.45) is 0 Å². The van der Waals surface area contributed by atoms with Crippen LogP contribution in [0.1, 0.15) is 5.56 Å². The lowest BCUT2D eigenvalue weighted by Gasteiger charge is -2.46. The van der Waals surface area contributed by atoms with E-state index in [0.717, 1.165) is 52.6 Å². The van der Waals surface area contributed by atoms with E-state index >= 15 is 0 Å². The summed E-state index contributed by atoms with van der Waals surface area (Å²) in [6.45, 7) is 6.61. The van der Waals surface area contributed by atoms with Gasteiger partial charge in [0, 0.05) is 31.5 Å². The number of hydrogen-bond acceptors (Lipinski definition) is 3. The fourth-order valence-corrected chi connectivity index (χ4v) is 9.01. The topological polar surface area (TPSA) is 24.9 Å². The van der Waals surface area contributed by atoms with E-state index in [1.807, 2.05) is 11.1 Å². The highest BCUT2D eigenvalue weighted by molar-refractivity contribution is 9.11. The molecule has 0 radical (unpaired) electrons. The van der Waals surface area contributed by atoms with Crippen LogP contribution in [-0.4, -0.2) is 61.9 Å². The second kappa shape index (κ2) is 8.34. The Morgan fingerprint density at radius 3 is 1.87 bits per heavy atom. The Morgan fingerprint density at radius 2 is 1.43 bits per heavy atom. The molecule has 3 rings (SSSR count). The number of rotatable bonds is 4. The van der Waals surface area contributed by atoms with E-state index in [9.17, 15) is 0 Å². The number of ether oxygens (including phenoxy) is 2. The van der Waals surface area contributed by atoms with E-state index in [2.05, 4.69) is 49.5 Å². The minimum absolute atomic E-state index is 0.757. The Morgan fingerprint density at radius 1 is 0.957 bits per heavy atom. The van der Waals surface area contributed by atoms with Crippen LogP contribution in [0.2, 0.25) is 0 Å². The lowest BCUT2D eigenvalue weighted by Crippen LogP contribution is -2.43. The van der Waals surface area contributed by atoms with Gasteiger partial charge in [0.25, 0.3) is 0 Å². The van der Waals surface area contributed by atoms with E-state index in [0.29, 0.717) is 0 Å². The van der Waals surface area contributed by atoms with Gasteiger partial charge >= 0.3 is 0 Å². The summed E-state index contributed by atoms with van der Waals surface area (Å²) >= 11 is 10.0. The average Bonchev–Trinajstić information content (AvgIpc) is 2.64. The van der Waals surface area contributed by atoms with Crippen LogP contribution in [0, 0.1) is 0 Å². The van der Waals surface area contributed by atoms with Crippen LogP contribution in [0.25, 0.3) is 5.31 Å². The van der Waals surface area contributed by atoms with E-state index in [4.69, 9.17) is 21.3 Å². The molecule has 2 aliphatic rings. The van der Waals surface area contributed by atoms with Crippen molar-refractivity contribution in [1.82, 2.24) is 9.34 Å². The molecule has 4 nitrogen and oxygen atoms in total. The van der Waals surface area contributed by atoms with Crippen LogP contribution < -0.4 is 0 Å². The molecule has 1 aromatic carbocycles. The van der Waals surface area contributed by atoms with Crippen LogP contribution >= 0.6 is 22.3 Å². The summed E-state index contributed by atoms with van der Waals surface area (Å²) in [4.78, 5) is 2.04. The van der Waals surface area contributed by atoms with Gasteiger partial charge in [-0.25, -0.2) is 0 Å². The van der Waals surface area contributed by atoms with Crippen molar-refractivity contribution in [3.8, 4) is 0 Å². The molecule has 0 atom stereocenters. The summed E-state index contributed by atoms with van der Waals surface area (Å²) in [5, 5.41) is 1.22. The molecule has 2 fully saturated rings. The molecule has 1 aromatic rings. The zero-order valence-electron chi connectivity index (χ0n) is 13.1. The summed E-state index contributed by atoms with van der Waals surface area (Å²) < 4.78 is 16.1. The van der Waals surface area contributed by atoms with E-state index in [-0.39, 0.29) is 0 Å². The smallest absolute Gasteiger partial charge is 0.108 e. The van der Waals surface area contributed by atoms with Crippen LogP contribution in [0.3, 0.4) is 0 Å². The molecular weight excluding hydrogens is 395 g/mol. The van der Waals surface area contributed by atoms with Crippen molar-refractivity contribution >= 4 is 39.4 Å². The van der Waals surface area contributed by atoms with Crippen molar-refractivity contribution in [1.29, 1.82) is 0 Å². The lowest BCUT2D eigenvalue weighted by molar-refractivity contribution is 0.0590. The highest BCUT2D eigenvalue weighted by Gasteiger charge is 2.38. The van der Waals surface area contributed by atoms with Gasteiger partial charge in [0.05, 0.1) is 26.4 Å². The van der Waals surface area contributed by atoms with Gasteiger partial charge < -0.3 is 9.47 Å². The Balaban J connectivity index is 2.01. The molecule has 0 bridgehead atoms. The first-order valence-corrected chi connectivity index (χ1v) is 11.5. The fraction of sp³-hybridized carbons (Fsp3) is 0.500. The Kier molecular flexibility index (Phi) is 6.44. The van der Waals surface area contributed by atoms with Gasteiger partial charge in [-0.3, -0.25) is 9.34 Å². The normalized spacial score (nSPS) is 22.2. The second-order valence-corrected chi connectivity index (χ2v) is 10.2. The Bertz CT molecular complexity index is 565. The second-order valence-electron chi connectivity index (χ2n) is 5.54. The van der Waals surface area contributed by atoms with E-state index in [1.54, 1.807) is 0 Å². The molecule has 2 heterocycles. The van der Waals surface area contributed by atoms with Gasteiger partial charge in [-0.05, 0) is 10.5 Å². The minimum atomic E-state index is -2.05. The summed E-state index contributed by atoms with van der Waals surface area (Å²) in [5.41, 5.74) is 1.20. The number of halogens is 1. The van der Waals surface area contributed by atoms with Crippen LogP contribution in [-0.2, 0) is 21.3 Å². The van der Waals surface area contributed by atoms with Crippen molar-refractivity contribution < 1.29 is 9.47 Å². The van der Waals surface area contributed by atoms with Gasteiger partial charge in [-0.15, -0.1) is 0 Å². The van der Waals surface area contributed by atoms with Gasteiger partial charge in [0.2, 0.25) is 0 Å². The molecule has 23 heavy (non-hydrogen) atoms. The molecule has 0 N–H and O–H groups in total. The molecule has 126 valence electrons. The molecule has 7 heteroatoms. The van der Waals surface area contributed by atoms with Crippen molar-refractivity contribution in [2.45, 2.75) is 0 Å². The zero-order valence-corrected chi connectivity index (χ0v) is 16.4. The fourth-order valence-electron chi connectivity index (χ4n) is 3.04. The molecule has 0 aliphatic carbocycles. The number of hydrogen-bond donors (Lipinski definition) is 0. The summed E-state index contributed by atoms with van der Waals surface area (Å²) in [5.74, 6) is 0. The van der Waals surface area contributed by atoms with Crippen molar-refractivity contribution in [3.05, 3.63) is 40.9 Å². The first-order chi connectivity index (χ1) is 11.3. The summed E-state index contributed by atoms with van der Waals surface area (Å²) in [7, 11) is 0. The molecule has 2 saturated heterocycles. The number of nitrogens with zero attached hydrogens (tertiary/aromatic N) is 2. The maximum Gasteiger partial charge on any atom is 0.108 e. The minimum Gasteiger partial charge on any atom is -0.379 e. The van der Waals surface area contributed by atoms with Crippen molar-refractivity contribution in [2.75, 3.05) is 52.6 Å². The predicted molar refractivity (Wildman–Crippen MR) is 102 cm³/mol. The van der Waals surface area contributed by atoms with Crippen molar-refractivity contribution in [3.63, 3.8) is 0 Å². The third kappa shape index (κ3) is 3.79. The maximum atomic E-state index is 6.40. The molecule has 0 unspecified atom stereocenters. The van der Waals surface area contributed by atoms with E-state index < -0.39 is 6.34 Å². The number of benzene rings is 1. The third-order valence-corrected chi connectivity index (χ3v) is 10.4. The van der Waals surface area contributed by atoms with Gasteiger partial charge in [0.15, 0.2) is 0 Å². The maximum absolute atomic E-state index is 6.40. The monoisotopic (exact) mass is 416 g/mol. The highest BCUT2D eigenvalue weighted by Crippen LogP contribution is 2.64. The van der Waals surface area contributed by atoms with Gasteiger partial charge in [0.1, 0.15) is 6.34 Å². The van der Waals surface area contributed by atoms with Gasteiger partial charge in [-0.2, -0.15) is 0 Å².